The van der Waals surface area contributed by atoms with Crippen LogP contribution in [-0.2, 0) is 4.79 Å². The summed E-state index contributed by atoms with van der Waals surface area (Å²) in [6.45, 7) is 7.65. The summed E-state index contributed by atoms with van der Waals surface area (Å²) in [5.74, 6) is 1.59. The SMILES string of the molecule is COc1ccc([C@@H]2CCN(C(=O)C(C)(C)C)C2)cc1. The summed E-state index contributed by atoms with van der Waals surface area (Å²) in [7, 11) is 1.67. The molecule has 1 saturated heterocycles. The third kappa shape index (κ3) is 3.09. The Morgan fingerprint density at radius 2 is 1.89 bits per heavy atom. The van der Waals surface area contributed by atoms with Gasteiger partial charge in [-0.25, -0.2) is 0 Å². The maximum atomic E-state index is 12.3. The molecule has 2 rings (SSSR count). The second-order valence-electron chi connectivity index (χ2n) is 6.26. The molecule has 0 N–H and O–H groups in total. The quantitative estimate of drug-likeness (QED) is 0.819. The Balaban J connectivity index is 2.03. The Morgan fingerprint density at radius 1 is 1.26 bits per heavy atom. The maximum Gasteiger partial charge on any atom is 0.227 e. The Bertz CT molecular complexity index is 445. The highest BCUT2D eigenvalue weighted by Gasteiger charge is 2.33. The Labute approximate surface area is 115 Å². The van der Waals surface area contributed by atoms with E-state index in [4.69, 9.17) is 4.74 Å². The number of likely N-dealkylation sites (tertiary alicyclic amines) is 1. The zero-order chi connectivity index (χ0) is 14.0. The fourth-order valence-electron chi connectivity index (χ4n) is 2.57. The van der Waals surface area contributed by atoms with Crippen LogP contribution in [0.4, 0.5) is 0 Å². The fourth-order valence-corrected chi connectivity index (χ4v) is 2.57. The van der Waals surface area contributed by atoms with Crippen LogP contribution in [-0.4, -0.2) is 31.0 Å². The maximum absolute atomic E-state index is 12.3. The number of nitrogens with zero attached hydrogens (tertiary/aromatic N) is 1. The van der Waals surface area contributed by atoms with Crippen molar-refractivity contribution in [3.63, 3.8) is 0 Å². The van der Waals surface area contributed by atoms with Crippen LogP contribution < -0.4 is 4.74 Å². The number of carbonyl (C=O) groups is 1. The minimum absolute atomic E-state index is 0.253. The van der Waals surface area contributed by atoms with Gasteiger partial charge in [-0.3, -0.25) is 4.79 Å². The molecule has 1 aliphatic heterocycles. The number of hydrogen-bond donors (Lipinski definition) is 0. The standard InChI is InChI=1S/C16H23NO2/c1-16(2,3)15(18)17-10-9-13(11-17)12-5-7-14(19-4)8-6-12/h5-8,13H,9-11H2,1-4H3/t13-/m1/s1. The van der Waals surface area contributed by atoms with Crippen molar-refractivity contribution in [3.05, 3.63) is 29.8 Å². The molecule has 1 aromatic rings. The normalized spacial score (nSPS) is 19.6. The van der Waals surface area contributed by atoms with Crippen molar-refractivity contribution in [2.45, 2.75) is 33.1 Å². The van der Waals surface area contributed by atoms with Gasteiger partial charge in [0.15, 0.2) is 0 Å². The van der Waals surface area contributed by atoms with Crippen LogP contribution in [0.1, 0.15) is 38.7 Å². The second-order valence-corrected chi connectivity index (χ2v) is 6.26. The van der Waals surface area contributed by atoms with E-state index < -0.39 is 0 Å². The first kappa shape index (κ1) is 13.9. The number of ether oxygens (including phenoxy) is 1. The van der Waals surface area contributed by atoms with Crippen LogP contribution in [0.5, 0.6) is 5.75 Å². The van der Waals surface area contributed by atoms with Gasteiger partial charge in [0, 0.05) is 24.4 Å². The Morgan fingerprint density at radius 3 is 2.42 bits per heavy atom. The van der Waals surface area contributed by atoms with Gasteiger partial charge in [-0.1, -0.05) is 32.9 Å². The molecule has 0 saturated carbocycles. The van der Waals surface area contributed by atoms with Crippen molar-refractivity contribution >= 4 is 5.91 Å². The summed E-state index contributed by atoms with van der Waals surface area (Å²) >= 11 is 0. The molecule has 0 aromatic heterocycles. The van der Waals surface area contributed by atoms with Gasteiger partial charge in [-0.15, -0.1) is 0 Å². The van der Waals surface area contributed by atoms with E-state index in [-0.39, 0.29) is 11.3 Å². The van der Waals surface area contributed by atoms with Gasteiger partial charge in [0.25, 0.3) is 0 Å². The van der Waals surface area contributed by atoms with Crippen molar-refractivity contribution in [2.75, 3.05) is 20.2 Å². The topological polar surface area (TPSA) is 29.5 Å². The summed E-state index contributed by atoms with van der Waals surface area (Å²) in [5, 5.41) is 0. The zero-order valence-corrected chi connectivity index (χ0v) is 12.3. The van der Waals surface area contributed by atoms with Crippen LogP contribution in [0.2, 0.25) is 0 Å². The Hall–Kier alpha value is -1.51. The highest BCUT2D eigenvalue weighted by molar-refractivity contribution is 5.81. The van der Waals surface area contributed by atoms with Crippen molar-refractivity contribution in [3.8, 4) is 5.75 Å². The molecule has 0 aliphatic carbocycles. The van der Waals surface area contributed by atoms with Crippen molar-refractivity contribution < 1.29 is 9.53 Å². The lowest BCUT2D eigenvalue weighted by atomic mass is 9.94. The first-order valence-electron chi connectivity index (χ1n) is 6.85. The van der Waals surface area contributed by atoms with Crippen LogP contribution >= 0.6 is 0 Å². The number of amides is 1. The molecule has 0 radical (unpaired) electrons. The molecule has 1 aliphatic rings. The summed E-state index contributed by atoms with van der Waals surface area (Å²) in [4.78, 5) is 14.2. The third-order valence-corrected chi connectivity index (χ3v) is 3.70. The van der Waals surface area contributed by atoms with E-state index in [1.807, 2.05) is 37.8 Å². The zero-order valence-electron chi connectivity index (χ0n) is 12.3. The molecular weight excluding hydrogens is 238 g/mol. The summed E-state index contributed by atoms with van der Waals surface area (Å²) in [5.41, 5.74) is 1.01. The monoisotopic (exact) mass is 261 g/mol. The lowest BCUT2D eigenvalue weighted by molar-refractivity contribution is -0.138. The molecule has 1 aromatic carbocycles. The lowest BCUT2D eigenvalue weighted by Crippen LogP contribution is -2.37. The van der Waals surface area contributed by atoms with Crippen LogP contribution in [0.3, 0.4) is 0 Å². The summed E-state index contributed by atoms with van der Waals surface area (Å²) in [6.07, 6.45) is 1.05. The summed E-state index contributed by atoms with van der Waals surface area (Å²) in [6, 6.07) is 8.19. The van der Waals surface area contributed by atoms with E-state index in [0.717, 1.165) is 25.3 Å². The molecule has 0 spiro atoms. The molecule has 3 nitrogen and oxygen atoms in total. The number of benzene rings is 1. The lowest BCUT2D eigenvalue weighted by Gasteiger charge is -2.25. The molecule has 0 bridgehead atoms. The third-order valence-electron chi connectivity index (χ3n) is 3.70. The predicted octanol–water partition coefficient (Wildman–Crippen LogP) is 3.06. The molecule has 1 atom stereocenters. The fraction of sp³-hybridized carbons (Fsp3) is 0.562. The van der Waals surface area contributed by atoms with Gasteiger partial charge in [-0.2, -0.15) is 0 Å². The number of methoxy groups -OCH3 is 1. The van der Waals surface area contributed by atoms with E-state index in [9.17, 15) is 4.79 Å². The number of rotatable bonds is 2. The van der Waals surface area contributed by atoms with Crippen molar-refractivity contribution in [2.24, 2.45) is 5.41 Å². The minimum atomic E-state index is -0.283. The number of hydrogen-bond acceptors (Lipinski definition) is 2. The highest BCUT2D eigenvalue weighted by Crippen LogP contribution is 2.31. The van der Waals surface area contributed by atoms with Crippen LogP contribution in [0, 0.1) is 5.41 Å². The second kappa shape index (κ2) is 5.24. The van der Waals surface area contributed by atoms with E-state index in [1.54, 1.807) is 7.11 Å². The van der Waals surface area contributed by atoms with E-state index in [2.05, 4.69) is 12.1 Å². The van der Waals surface area contributed by atoms with Gasteiger partial charge in [-0.05, 0) is 24.1 Å². The van der Waals surface area contributed by atoms with E-state index >= 15 is 0 Å². The Kier molecular flexibility index (Phi) is 3.83. The van der Waals surface area contributed by atoms with Crippen LogP contribution in [0.15, 0.2) is 24.3 Å². The molecule has 1 amide bonds. The molecule has 104 valence electrons. The first-order chi connectivity index (χ1) is 8.91. The molecule has 1 fully saturated rings. The van der Waals surface area contributed by atoms with E-state index in [1.165, 1.54) is 5.56 Å². The van der Waals surface area contributed by atoms with Gasteiger partial charge in [0.1, 0.15) is 5.75 Å². The minimum Gasteiger partial charge on any atom is -0.497 e. The smallest absolute Gasteiger partial charge is 0.227 e. The molecule has 19 heavy (non-hydrogen) atoms. The van der Waals surface area contributed by atoms with Gasteiger partial charge in [0.2, 0.25) is 5.91 Å². The van der Waals surface area contributed by atoms with Gasteiger partial charge >= 0.3 is 0 Å². The van der Waals surface area contributed by atoms with Gasteiger partial charge < -0.3 is 9.64 Å². The largest absolute Gasteiger partial charge is 0.497 e. The number of carbonyl (C=O) groups excluding carboxylic acids is 1. The van der Waals surface area contributed by atoms with Gasteiger partial charge in [0.05, 0.1) is 7.11 Å². The van der Waals surface area contributed by atoms with E-state index in [0.29, 0.717) is 5.92 Å². The highest BCUT2D eigenvalue weighted by atomic mass is 16.5. The molecule has 0 unspecified atom stereocenters. The molecular formula is C16H23NO2. The predicted molar refractivity (Wildman–Crippen MR) is 76.4 cm³/mol. The average molecular weight is 261 g/mol. The summed E-state index contributed by atoms with van der Waals surface area (Å²) < 4.78 is 5.17. The average Bonchev–Trinajstić information content (AvgIpc) is 2.86. The first-order valence-corrected chi connectivity index (χ1v) is 6.85. The van der Waals surface area contributed by atoms with Crippen molar-refractivity contribution in [1.29, 1.82) is 0 Å². The molecule has 1 heterocycles. The molecule has 3 heteroatoms. The van der Waals surface area contributed by atoms with Crippen molar-refractivity contribution in [1.82, 2.24) is 4.90 Å². The van der Waals surface area contributed by atoms with Crippen LogP contribution in [0.25, 0.3) is 0 Å².